The van der Waals surface area contributed by atoms with Crippen molar-refractivity contribution in [1.82, 2.24) is 5.32 Å². The Bertz CT molecular complexity index is 452. The highest BCUT2D eigenvalue weighted by atomic mass is 19.1. The van der Waals surface area contributed by atoms with E-state index in [0.717, 1.165) is 12.1 Å². The van der Waals surface area contributed by atoms with Crippen molar-refractivity contribution in [2.24, 2.45) is 11.8 Å². The fourth-order valence-electron chi connectivity index (χ4n) is 3.08. The molecule has 0 amide bonds. The number of nitrogens with one attached hydrogen (secondary N) is 1. The lowest BCUT2D eigenvalue weighted by Crippen LogP contribution is -2.28. The van der Waals surface area contributed by atoms with Crippen LogP contribution in [0.5, 0.6) is 0 Å². The smallest absolute Gasteiger partial charge is 0.123 e. The van der Waals surface area contributed by atoms with Gasteiger partial charge in [-0.15, -0.1) is 0 Å². The molecule has 1 aromatic carbocycles. The maximum atomic E-state index is 13.2. The maximum absolute atomic E-state index is 13.2. The minimum atomic E-state index is -0.156. The van der Waals surface area contributed by atoms with Crippen LogP contribution in [0.3, 0.4) is 0 Å². The number of rotatable bonds is 4. The highest BCUT2D eigenvalue weighted by molar-refractivity contribution is 5.19. The van der Waals surface area contributed by atoms with Gasteiger partial charge in [0.25, 0.3) is 0 Å². The number of hydrogen-bond donors (Lipinski definition) is 1. The molecule has 2 rings (SSSR count). The zero-order valence-corrected chi connectivity index (χ0v) is 12.1. The van der Waals surface area contributed by atoms with E-state index in [-0.39, 0.29) is 11.9 Å². The minimum absolute atomic E-state index is 0.156. The van der Waals surface area contributed by atoms with Crippen LogP contribution < -0.4 is 5.32 Å². The molecule has 19 heavy (non-hydrogen) atoms. The molecule has 0 heterocycles. The molecule has 0 saturated carbocycles. The molecule has 104 valence electrons. The van der Waals surface area contributed by atoms with E-state index in [1.807, 2.05) is 6.07 Å². The minimum Gasteiger partial charge on any atom is -0.310 e. The van der Waals surface area contributed by atoms with Crippen molar-refractivity contribution in [3.05, 3.63) is 47.3 Å². The molecule has 2 unspecified atom stereocenters. The predicted molar refractivity (Wildman–Crippen MR) is 78.5 cm³/mol. The fraction of sp³-hybridized carbons (Fsp3) is 0.529. The summed E-state index contributed by atoms with van der Waals surface area (Å²) in [4.78, 5) is 0. The van der Waals surface area contributed by atoms with E-state index in [1.165, 1.54) is 24.5 Å². The van der Waals surface area contributed by atoms with Crippen LogP contribution in [0.1, 0.15) is 45.2 Å². The first-order valence-electron chi connectivity index (χ1n) is 7.20. The van der Waals surface area contributed by atoms with Gasteiger partial charge in [0.15, 0.2) is 0 Å². The molecule has 1 aliphatic rings. The van der Waals surface area contributed by atoms with Crippen molar-refractivity contribution in [1.29, 1.82) is 0 Å². The topological polar surface area (TPSA) is 12.0 Å². The predicted octanol–water partition coefficient (Wildman–Crippen LogP) is 4.47. The number of benzene rings is 1. The van der Waals surface area contributed by atoms with Gasteiger partial charge in [-0.05, 0) is 62.8 Å². The Balaban J connectivity index is 1.87. The Morgan fingerprint density at radius 2 is 2.21 bits per heavy atom. The lowest BCUT2D eigenvalue weighted by atomic mass is 9.83. The van der Waals surface area contributed by atoms with Gasteiger partial charge in [0.1, 0.15) is 5.82 Å². The molecule has 2 heteroatoms. The van der Waals surface area contributed by atoms with Crippen molar-refractivity contribution in [2.45, 2.75) is 39.7 Å². The van der Waals surface area contributed by atoms with Gasteiger partial charge in [-0.2, -0.15) is 0 Å². The quantitative estimate of drug-likeness (QED) is 0.789. The Morgan fingerprint density at radius 3 is 2.89 bits per heavy atom. The van der Waals surface area contributed by atoms with Crippen molar-refractivity contribution < 1.29 is 4.39 Å². The van der Waals surface area contributed by atoms with Gasteiger partial charge in [-0.3, -0.25) is 0 Å². The van der Waals surface area contributed by atoms with Crippen molar-refractivity contribution in [3.63, 3.8) is 0 Å². The van der Waals surface area contributed by atoms with Gasteiger partial charge in [-0.1, -0.05) is 30.7 Å². The van der Waals surface area contributed by atoms with Gasteiger partial charge < -0.3 is 5.32 Å². The summed E-state index contributed by atoms with van der Waals surface area (Å²) in [6, 6.07) is 7.07. The molecule has 0 spiro atoms. The molecule has 1 aromatic rings. The third kappa shape index (κ3) is 4.17. The highest BCUT2D eigenvalue weighted by Crippen LogP contribution is 2.27. The Morgan fingerprint density at radius 1 is 1.42 bits per heavy atom. The monoisotopic (exact) mass is 261 g/mol. The molecule has 0 aliphatic heterocycles. The van der Waals surface area contributed by atoms with E-state index in [9.17, 15) is 4.39 Å². The summed E-state index contributed by atoms with van der Waals surface area (Å²) >= 11 is 0. The van der Waals surface area contributed by atoms with Gasteiger partial charge in [0.2, 0.25) is 0 Å². The van der Waals surface area contributed by atoms with Crippen LogP contribution in [0.25, 0.3) is 0 Å². The van der Waals surface area contributed by atoms with Crippen molar-refractivity contribution >= 4 is 0 Å². The van der Waals surface area contributed by atoms with E-state index in [2.05, 4.69) is 32.2 Å². The van der Waals surface area contributed by atoms with Crippen LogP contribution in [-0.4, -0.2) is 6.54 Å². The summed E-state index contributed by atoms with van der Waals surface area (Å²) in [6.45, 7) is 7.61. The largest absolute Gasteiger partial charge is 0.310 e. The van der Waals surface area contributed by atoms with Crippen LogP contribution in [0, 0.1) is 17.7 Å². The highest BCUT2D eigenvalue weighted by Gasteiger charge is 2.18. The zero-order chi connectivity index (χ0) is 13.8. The standard InChI is InChI=1S/C17H24FN/c1-12-7-13(2)9-15(8-12)11-19-14(3)16-5-4-6-17(18)10-16/h4-7,10,12,14-15,19H,8-9,11H2,1-3H3/t12?,14-,15?/m1/s1. The summed E-state index contributed by atoms with van der Waals surface area (Å²) in [5, 5.41) is 3.54. The normalized spacial score (nSPS) is 24.9. The van der Waals surface area contributed by atoms with Gasteiger partial charge in [-0.25, -0.2) is 4.39 Å². The summed E-state index contributed by atoms with van der Waals surface area (Å²) in [6.07, 6.45) is 4.82. The molecule has 0 fully saturated rings. The van der Waals surface area contributed by atoms with E-state index in [1.54, 1.807) is 12.1 Å². The molecule has 0 radical (unpaired) electrons. The average molecular weight is 261 g/mol. The molecule has 0 bridgehead atoms. The first-order chi connectivity index (χ1) is 9.04. The third-order valence-electron chi connectivity index (χ3n) is 3.95. The fourth-order valence-corrected chi connectivity index (χ4v) is 3.08. The molecular formula is C17H24FN. The van der Waals surface area contributed by atoms with Gasteiger partial charge in [0, 0.05) is 6.04 Å². The molecule has 1 nitrogen and oxygen atoms in total. The Kier molecular flexibility index (Phi) is 4.76. The van der Waals surface area contributed by atoms with Crippen molar-refractivity contribution in [2.75, 3.05) is 6.54 Å². The average Bonchev–Trinajstić information content (AvgIpc) is 2.35. The van der Waals surface area contributed by atoms with E-state index >= 15 is 0 Å². The second-order valence-corrected chi connectivity index (χ2v) is 5.98. The van der Waals surface area contributed by atoms with Crippen LogP contribution >= 0.6 is 0 Å². The van der Waals surface area contributed by atoms with Crippen LogP contribution in [0.2, 0.25) is 0 Å². The van der Waals surface area contributed by atoms with Crippen LogP contribution in [-0.2, 0) is 0 Å². The van der Waals surface area contributed by atoms with Crippen molar-refractivity contribution in [3.8, 4) is 0 Å². The Hall–Kier alpha value is -1.15. The summed E-state index contributed by atoms with van der Waals surface area (Å²) in [7, 11) is 0. The Labute approximate surface area is 115 Å². The second kappa shape index (κ2) is 6.33. The first kappa shape index (κ1) is 14.3. The summed E-state index contributed by atoms with van der Waals surface area (Å²) in [5.74, 6) is 1.23. The molecule has 0 aromatic heterocycles. The first-order valence-corrected chi connectivity index (χ1v) is 7.20. The maximum Gasteiger partial charge on any atom is 0.123 e. The van der Waals surface area contributed by atoms with Crippen LogP contribution in [0.15, 0.2) is 35.9 Å². The molecule has 0 saturated heterocycles. The third-order valence-corrected chi connectivity index (χ3v) is 3.95. The zero-order valence-electron chi connectivity index (χ0n) is 12.1. The second-order valence-electron chi connectivity index (χ2n) is 5.98. The SMILES string of the molecule is CC1=CC(C)CC(CN[C@H](C)c2cccc(F)c2)C1. The lowest BCUT2D eigenvalue weighted by molar-refractivity contribution is 0.366. The summed E-state index contributed by atoms with van der Waals surface area (Å²) in [5.41, 5.74) is 2.53. The van der Waals surface area contributed by atoms with E-state index in [0.29, 0.717) is 11.8 Å². The van der Waals surface area contributed by atoms with E-state index < -0.39 is 0 Å². The molecule has 1 aliphatic carbocycles. The van der Waals surface area contributed by atoms with Gasteiger partial charge in [0.05, 0.1) is 0 Å². The van der Waals surface area contributed by atoms with E-state index in [4.69, 9.17) is 0 Å². The summed E-state index contributed by atoms with van der Waals surface area (Å²) < 4.78 is 13.2. The molecular weight excluding hydrogens is 237 g/mol. The number of hydrogen-bond acceptors (Lipinski definition) is 1. The molecule has 3 atom stereocenters. The van der Waals surface area contributed by atoms with Crippen LogP contribution in [0.4, 0.5) is 4.39 Å². The number of halogens is 1. The van der Waals surface area contributed by atoms with Gasteiger partial charge >= 0.3 is 0 Å². The molecule has 1 N–H and O–H groups in total. The lowest BCUT2D eigenvalue weighted by Gasteiger charge is -2.27. The number of allylic oxidation sites excluding steroid dienone is 2.